The molecule has 1 amide bonds. The number of anilines is 2. The van der Waals surface area contributed by atoms with Gasteiger partial charge >= 0.3 is 0 Å². The Morgan fingerprint density at radius 3 is 2.67 bits per heavy atom. The number of nitrogens with one attached hydrogen (secondary N) is 2. The van der Waals surface area contributed by atoms with Crippen molar-refractivity contribution >= 4 is 17.5 Å². The number of carbonyl (C=O) groups excluding carboxylic acids is 1. The highest BCUT2D eigenvalue weighted by atomic mass is 16.1. The molecule has 1 aromatic carbocycles. The van der Waals surface area contributed by atoms with Crippen molar-refractivity contribution < 1.29 is 4.79 Å². The van der Waals surface area contributed by atoms with E-state index in [0.29, 0.717) is 23.6 Å². The van der Waals surface area contributed by atoms with Crippen LogP contribution in [0, 0.1) is 29.6 Å². The quantitative estimate of drug-likeness (QED) is 0.623. The lowest BCUT2D eigenvalue weighted by Gasteiger charge is -2.11. The smallest absolute Gasteiger partial charge is 0.252 e. The molecule has 0 aliphatic heterocycles. The fourth-order valence-electron chi connectivity index (χ4n) is 2.76. The Balaban J connectivity index is 1.78. The molecule has 1 unspecified atom stereocenters. The molecule has 30 heavy (non-hydrogen) atoms. The molecule has 3 rings (SSSR count). The average Bonchev–Trinajstić information content (AvgIpc) is 3.20. The zero-order valence-corrected chi connectivity index (χ0v) is 16.6. The maximum Gasteiger partial charge on any atom is 0.252 e. The molecule has 0 aliphatic carbocycles. The highest BCUT2D eigenvalue weighted by Gasteiger charge is 2.13. The Morgan fingerprint density at radius 2 is 2.00 bits per heavy atom. The summed E-state index contributed by atoms with van der Waals surface area (Å²) in [5, 5.41) is 27.6. The molecule has 9 heteroatoms. The van der Waals surface area contributed by atoms with Gasteiger partial charge in [-0.1, -0.05) is 19.1 Å². The second-order valence-electron chi connectivity index (χ2n) is 6.58. The third kappa shape index (κ3) is 4.78. The van der Waals surface area contributed by atoms with Crippen LogP contribution in [0.3, 0.4) is 0 Å². The van der Waals surface area contributed by atoms with E-state index in [0.717, 1.165) is 16.8 Å². The lowest BCUT2D eigenvalue weighted by Crippen LogP contribution is -2.33. The topological polar surface area (TPSA) is 132 Å². The van der Waals surface area contributed by atoms with Crippen molar-refractivity contribution in [2.45, 2.75) is 32.9 Å². The van der Waals surface area contributed by atoms with Crippen molar-refractivity contribution in [3.8, 4) is 23.4 Å². The molecule has 0 radical (unpaired) electrons. The summed E-state index contributed by atoms with van der Waals surface area (Å²) in [5.41, 5.74) is 3.60. The number of nitrogens with zero attached hydrogens (tertiary/aromatic N) is 6. The van der Waals surface area contributed by atoms with Gasteiger partial charge < -0.3 is 10.6 Å². The number of aryl methyl sites for hydroxylation is 1. The molecule has 0 aliphatic rings. The first kappa shape index (κ1) is 20.5. The molecule has 0 saturated heterocycles. The van der Waals surface area contributed by atoms with Crippen molar-refractivity contribution in [3.63, 3.8) is 0 Å². The van der Waals surface area contributed by atoms with Gasteiger partial charge in [0.15, 0.2) is 0 Å². The highest BCUT2D eigenvalue weighted by molar-refractivity contribution is 5.95. The predicted octanol–water partition coefficient (Wildman–Crippen LogP) is 2.95. The molecule has 2 aromatic heterocycles. The van der Waals surface area contributed by atoms with Crippen LogP contribution in [0.5, 0.6) is 0 Å². The maximum absolute atomic E-state index is 12.3. The third-order valence-electron chi connectivity index (χ3n) is 4.38. The van der Waals surface area contributed by atoms with E-state index in [1.165, 1.54) is 4.68 Å². The number of rotatable bonds is 7. The van der Waals surface area contributed by atoms with Crippen LogP contribution in [0.1, 0.15) is 29.3 Å². The van der Waals surface area contributed by atoms with Gasteiger partial charge in [0.1, 0.15) is 12.6 Å². The van der Waals surface area contributed by atoms with Gasteiger partial charge in [-0.15, -0.1) is 0 Å². The minimum Gasteiger partial charge on any atom is -0.336 e. The molecule has 1 atom stereocenters. The van der Waals surface area contributed by atoms with E-state index in [2.05, 4.69) is 31.8 Å². The van der Waals surface area contributed by atoms with Gasteiger partial charge in [0.25, 0.3) is 5.91 Å². The van der Waals surface area contributed by atoms with E-state index in [1.807, 2.05) is 32.0 Å². The van der Waals surface area contributed by atoms with Gasteiger partial charge in [0, 0.05) is 23.5 Å². The first-order chi connectivity index (χ1) is 14.5. The first-order valence-electron chi connectivity index (χ1n) is 9.35. The average molecular weight is 400 g/mol. The molecule has 0 bridgehead atoms. The molecule has 150 valence electrons. The minimum absolute atomic E-state index is 0.162. The van der Waals surface area contributed by atoms with Crippen LogP contribution < -0.4 is 10.6 Å². The molecular weight excluding hydrogens is 380 g/mol. The van der Waals surface area contributed by atoms with E-state index in [-0.39, 0.29) is 12.5 Å². The zero-order valence-electron chi connectivity index (χ0n) is 16.6. The molecule has 2 heterocycles. The van der Waals surface area contributed by atoms with Crippen LogP contribution in [0.15, 0.2) is 42.9 Å². The molecule has 0 saturated carbocycles. The van der Waals surface area contributed by atoms with Gasteiger partial charge in [-0.05, 0) is 31.0 Å². The van der Waals surface area contributed by atoms with Crippen LogP contribution in [0.4, 0.5) is 11.6 Å². The predicted molar refractivity (Wildman–Crippen MR) is 110 cm³/mol. The lowest BCUT2D eigenvalue weighted by atomic mass is 10.1. The Morgan fingerprint density at radius 1 is 1.23 bits per heavy atom. The zero-order chi connectivity index (χ0) is 21.5. The second-order valence-corrected chi connectivity index (χ2v) is 6.58. The van der Waals surface area contributed by atoms with Gasteiger partial charge in [-0.3, -0.25) is 9.48 Å². The van der Waals surface area contributed by atoms with E-state index < -0.39 is 6.04 Å². The Kier molecular flexibility index (Phi) is 6.36. The Hall–Kier alpha value is -4.24. The van der Waals surface area contributed by atoms with Crippen LogP contribution in [-0.2, 0) is 6.54 Å². The molecular formula is C21H20N8O. The normalized spacial score (nSPS) is 11.2. The number of hydrogen-bond donors (Lipinski definition) is 2. The summed E-state index contributed by atoms with van der Waals surface area (Å²) in [6, 6.07) is 10.6. The highest BCUT2D eigenvalue weighted by Crippen LogP contribution is 2.23. The number of hydrogen-bond acceptors (Lipinski definition) is 7. The number of benzene rings is 1. The molecule has 2 N–H and O–H groups in total. The van der Waals surface area contributed by atoms with Crippen LogP contribution in [0.2, 0.25) is 0 Å². The number of aromatic nitrogens is 4. The second kappa shape index (κ2) is 9.30. The third-order valence-corrected chi connectivity index (χ3v) is 4.38. The monoisotopic (exact) mass is 400 g/mol. The van der Waals surface area contributed by atoms with Crippen molar-refractivity contribution in [1.29, 1.82) is 10.5 Å². The summed E-state index contributed by atoms with van der Waals surface area (Å²) in [4.78, 5) is 21.1. The number of amides is 1. The van der Waals surface area contributed by atoms with Gasteiger partial charge in [-0.25, -0.2) is 9.97 Å². The fourth-order valence-corrected chi connectivity index (χ4v) is 2.76. The Labute approximate surface area is 174 Å². The lowest BCUT2D eigenvalue weighted by molar-refractivity contribution is 0.0944. The summed E-state index contributed by atoms with van der Waals surface area (Å²) >= 11 is 0. The van der Waals surface area contributed by atoms with Crippen molar-refractivity contribution in [2.24, 2.45) is 0 Å². The molecule has 9 nitrogen and oxygen atoms in total. The summed E-state index contributed by atoms with van der Waals surface area (Å²) in [7, 11) is 0. The first-order valence-corrected chi connectivity index (χ1v) is 9.35. The standard InChI is InChI=1S/C21H20N8O/c1-3-17(10-23)26-20(30)16-6-4-15(5-7-16)19-14(2)11-24-21(28-19)27-18-12-25-29(13-18)9-8-22/h4-7,11-13,17H,3,9H2,1-2H3,(H,26,30)(H,24,27,28). The Bertz CT molecular complexity index is 1120. The van der Waals surface area contributed by atoms with Crippen molar-refractivity contribution in [2.75, 3.05) is 5.32 Å². The van der Waals surface area contributed by atoms with E-state index in [4.69, 9.17) is 10.5 Å². The van der Waals surface area contributed by atoms with E-state index in [9.17, 15) is 4.79 Å². The van der Waals surface area contributed by atoms with Crippen LogP contribution >= 0.6 is 0 Å². The summed E-state index contributed by atoms with van der Waals surface area (Å²) in [6.07, 6.45) is 5.55. The SMILES string of the molecule is CCC(C#N)NC(=O)c1ccc(-c2nc(Nc3cnn(CC#N)c3)ncc2C)cc1. The van der Waals surface area contributed by atoms with Crippen LogP contribution in [-0.4, -0.2) is 31.7 Å². The maximum atomic E-state index is 12.3. The van der Waals surface area contributed by atoms with Gasteiger partial charge in [0.05, 0.1) is 29.7 Å². The molecule has 0 fully saturated rings. The van der Waals surface area contributed by atoms with Crippen LogP contribution in [0.25, 0.3) is 11.3 Å². The van der Waals surface area contributed by atoms with Crippen molar-refractivity contribution in [3.05, 3.63) is 54.0 Å². The van der Waals surface area contributed by atoms with E-state index in [1.54, 1.807) is 30.7 Å². The summed E-state index contributed by atoms with van der Waals surface area (Å²) in [5.74, 6) is 0.111. The number of carbonyl (C=O) groups is 1. The molecule has 0 spiro atoms. The summed E-state index contributed by atoms with van der Waals surface area (Å²) in [6.45, 7) is 3.91. The van der Waals surface area contributed by atoms with Gasteiger partial charge in [-0.2, -0.15) is 15.6 Å². The fraction of sp³-hybridized carbons (Fsp3) is 0.238. The number of nitriles is 2. The largest absolute Gasteiger partial charge is 0.336 e. The summed E-state index contributed by atoms with van der Waals surface area (Å²) < 4.78 is 1.51. The van der Waals surface area contributed by atoms with Crippen molar-refractivity contribution in [1.82, 2.24) is 25.1 Å². The van der Waals surface area contributed by atoms with E-state index >= 15 is 0 Å². The minimum atomic E-state index is -0.507. The van der Waals surface area contributed by atoms with Gasteiger partial charge in [0.2, 0.25) is 5.95 Å². The molecule has 3 aromatic rings.